The van der Waals surface area contributed by atoms with Crippen molar-refractivity contribution in [2.24, 2.45) is 5.73 Å². The van der Waals surface area contributed by atoms with Crippen LogP contribution < -0.4 is 15.8 Å². The first-order valence-electron chi connectivity index (χ1n) is 8.19. The summed E-state index contributed by atoms with van der Waals surface area (Å²) in [4.78, 5) is 24.8. The maximum Gasteiger partial charge on any atom is 0.336 e. The van der Waals surface area contributed by atoms with Crippen LogP contribution in [0.4, 0.5) is 0 Å². The van der Waals surface area contributed by atoms with Crippen LogP contribution in [-0.2, 0) is 14.3 Å². The van der Waals surface area contributed by atoms with Crippen molar-refractivity contribution in [3.05, 3.63) is 29.3 Å². The molecule has 1 aromatic rings. The Balaban J connectivity index is 2.64. The second-order valence-electron chi connectivity index (χ2n) is 6.97. The fraction of sp³-hybridized carbons (Fsp3) is 0.556. The molecule has 0 saturated carbocycles. The summed E-state index contributed by atoms with van der Waals surface area (Å²) in [5, 5.41) is 3.32. The van der Waals surface area contributed by atoms with Gasteiger partial charge in [-0.05, 0) is 58.4 Å². The summed E-state index contributed by atoms with van der Waals surface area (Å²) in [6, 6.07) is 6.54. The Morgan fingerprint density at radius 2 is 1.80 bits per heavy atom. The van der Waals surface area contributed by atoms with Gasteiger partial charge in [-0.25, -0.2) is 4.79 Å². The number of hydrogen-bond donors (Lipinski definition) is 2. The van der Waals surface area contributed by atoms with Gasteiger partial charge in [-0.15, -0.1) is 0 Å². The number of benzene rings is 1. The van der Waals surface area contributed by atoms with E-state index in [1.165, 1.54) is 0 Å². The third-order valence-corrected chi connectivity index (χ3v) is 3.67. The van der Waals surface area contributed by atoms with Crippen LogP contribution in [0.5, 0.6) is 5.75 Å². The van der Waals surface area contributed by atoms with E-state index in [4.69, 9.17) is 26.8 Å². The summed E-state index contributed by atoms with van der Waals surface area (Å²) < 4.78 is 10.8. The maximum atomic E-state index is 12.5. The molecule has 0 fully saturated rings. The number of halogens is 1. The Bertz CT molecular complexity index is 598. The van der Waals surface area contributed by atoms with Crippen molar-refractivity contribution in [3.63, 3.8) is 0 Å². The summed E-state index contributed by atoms with van der Waals surface area (Å²) in [7, 11) is 0. The first kappa shape index (κ1) is 21.3. The van der Waals surface area contributed by atoms with Crippen molar-refractivity contribution >= 4 is 23.5 Å². The Labute approximate surface area is 154 Å². The van der Waals surface area contributed by atoms with Crippen molar-refractivity contribution in [1.82, 2.24) is 5.32 Å². The van der Waals surface area contributed by atoms with Crippen LogP contribution in [0.3, 0.4) is 0 Å². The summed E-state index contributed by atoms with van der Waals surface area (Å²) in [6.07, 6.45) is 0.124. The summed E-state index contributed by atoms with van der Waals surface area (Å²) in [5.74, 6) is -0.700. The quantitative estimate of drug-likeness (QED) is 0.568. The van der Waals surface area contributed by atoms with E-state index in [9.17, 15) is 9.59 Å². The van der Waals surface area contributed by atoms with Crippen LogP contribution in [0, 0.1) is 0 Å². The highest BCUT2D eigenvalue weighted by Crippen LogP contribution is 2.17. The van der Waals surface area contributed by atoms with Gasteiger partial charge in [-0.1, -0.05) is 18.5 Å². The molecular formula is C18H27ClN2O4. The number of nitrogens with two attached hydrogens (primary N) is 1. The molecule has 0 aliphatic rings. The molecule has 0 aliphatic heterocycles. The molecule has 140 valence electrons. The first-order valence-corrected chi connectivity index (χ1v) is 8.57. The second-order valence-corrected chi connectivity index (χ2v) is 7.40. The van der Waals surface area contributed by atoms with Gasteiger partial charge in [0.1, 0.15) is 18.0 Å². The second kappa shape index (κ2) is 8.54. The van der Waals surface area contributed by atoms with Gasteiger partial charge >= 0.3 is 5.97 Å². The zero-order valence-corrected chi connectivity index (χ0v) is 16.1. The zero-order chi connectivity index (χ0) is 19.3. The van der Waals surface area contributed by atoms with Gasteiger partial charge in [-0.2, -0.15) is 0 Å². The van der Waals surface area contributed by atoms with Gasteiger partial charge in [0.15, 0.2) is 5.54 Å². The van der Waals surface area contributed by atoms with Crippen molar-refractivity contribution in [1.29, 1.82) is 0 Å². The fourth-order valence-corrected chi connectivity index (χ4v) is 2.04. The molecule has 7 heteroatoms. The van der Waals surface area contributed by atoms with E-state index >= 15 is 0 Å². The van der Waals surface area contributed by atoms with Crippen molar-refractivity contribution in [2.45, 2.75) is 58.2 Å². The fourth-order valence-electron chi connectivity index (χ4n) is 1.91. The number of amides is 1. The minimum absolute atomic E-state index is 0.124. The average Bonchev–Trinajstić information content (AvgIpc) is 2.51. The number of nitrogens with one attached hydrogen (secondary N) is 1. The van der Waals surface area contributed by atoms with Crippen molar-refractivity contribution in [2.75, 3.05) is 6.61 Å². The number of esters is 1. The van der Waals surface area contributed by atoms with Gasteiger partial charge in [0, 0.05) is 5.02 Å². The molecule has 0 aromatic heterocycles. The summed E-state index contributed by atoms with van der Waals surface area (Å²) in [6.45, 7) is 8.82. The number of rotatable bonds is 7. The number of hydrogen-bond acceptors (Lipinski definition) is 5. The molecule has 0 spiro atoms. The molecule has 2 unspecified atom stereocenters. The highest BCUT2D eigenvalue weighted by Gasteiger charge is 2.44. The molecule has 25 heavy (non-hydrogen) atoms. The van der Waals surface area contributed by atoms with Gasteiger partial charge in [0.05, 0.1) is 6.04 Å². The predicted molar refractivity (Wildman–Crippen MR) is 97.6 cm³/mol. The van der Waals surface area contributed by atoms with E-state index in [2.05, 4.69) is 5.32 Å². The van der Waals surface area contributed by atoms with Crippen LogP contribution in [0.25, 0.3) is 0 Å². The molecule has 6 nitrogen and oxygen atoms in total. The number of carbonyl (C=O) groups excluding carboxylic acids is 2. The molecule has 2 atom stereocenters. The summed E-state index contributed by atoms with van der Waals surface area (Å²) in [5.41, 5.74) is 3.57. The Morgan fingerprint density at radius 1 is 1.24 bits per heavy atom. The third kappa shape index (κ3) is 6.55. The average molecular weight is 371 g/mol. The van der Waals surface area contributed by atoms with E-state index in [-0.39, 0.29) is 19.1 Å². The number of carbonyl (C=O) groups is 2. The largest absolute Gasteiger partial charge is 0.491 e. The first-order chi connectivity index (χ1) is 11.5. The molecule has 1 rings (SSSR count). The predicted octanol–water partition coefficient (Wildman–Crippen LogP) is 2.67. The maximum absolute atomic E-state index is 12.5. The smallest absolute Gasteiger partial charge is 0.336 e. The summed E-state index contributed by atoms with van der Waals surface area (Å²) >= 11 is 5.81. The molecule has 1 amide bonds. The SMILES string of the molecule is CCC(N)(C(=O)NC(C)COc1ccc(Cl)cc1)C(=O)OC(C)(C)C. The van der Waals surface area contributed by atoms with Crippen LogP contribution in [0.15, 0.2) is 24.3 Å². The molecule has 0 aliphatic carbocycles. The van der Waals surface area contributed by atoms with E-state index in [1.54, 1.807) is 58.9 Å². The van der Waals surface area contributed by atoms with Crippen LogP contribution in [-0.4, -0.2) is 35.7 Å². The standard InChI is InChI=1S/C18H27ClN2O4/c1-6-18(20,16(23)25-17(3,4)5)15(22)21-12(2)11-24-14-9-7-13(19)8-10-14/h7-10,12H,6,11,20H2,1-5H3,(H,21,22). The molecule has 0 saturated heterocycles. The molecule has 0 heterocycles. The lowest BCUT2D eigenvalue weighted by Crippen LogP contribution is -2.62. The molecule has 0 radical (unpaired) electrons. The van der Waals surface area contributed by atoms with E-state index in [1.807, 2.05) is 0 Å². The monoisotopic (exact) mass is 370 g/mol. The molecule has 1 aromatic carbocycles. The lowest BCUT2D eigenvalue weighted by atomic mass is 9.95. The number of ether oxygens (including phenoxy) is 2. The normalized spacial score (nSPS) is 15.0. The van der Waals surface area contributed by atoms with Gasteiger partial charge in [-0.3, -0.25) is 4.79 Å². The topological polar surface area (TPSA) is 90.7 Å². The highest BCUT2D eigenvalue weighted by molar-refractivity contribution is 6.30. The highest BCUT2D eigenvalue weighted by atomic mass is 35.5. The third-order valence-electron chi connectivity index (χ3n) is 3.42. The van der Waals surface area contributed by atoms with Crippen molar-refractivity contribution in [3.8, 4) is 5.75 Å². The minimum Gasteiger partial charge on any atom is -0.491 e. The molecule has 0 bridgehead atoms. The van der Waals surface area contributed by atoms with E-state index in [0.29, 0.717) is 10.8 Å². The van der Waals surface area contributed by atoms with Gasteiger partial charge in [0.2, 0.25) is 0 Å². The molecular weight excluding hydrogens is 344 g/mol. The Hall–Kier alpha value is -1.79. The van der Waals surface area contributed by atoms with Crippen molar-refractivity contribution < 1.29 is 19.1 Å². The zero-order valence-electron chi connectivity index (χ0n) is 15.4. The van der Waals surface area contributed by atoms with Gasteiger partial charge < -0.3 is 20.5 Å². The van der Waals surface area contributed by atoms with Crippen LogP contribution in [0.1, 0.15) is 41.0 Å². The van der Waals surface area contributed by atoms with E-state index in [0.717, 1.165) is 0 Å². The Kier molecular flexibility index (Phi) is 7.26. The lowest BCUT2D eigenvalue weighted by Gasteiger charge is -2.30. The lowest BCUT2D eigenvalue weighted by molar-refractivity contribution is -0.164. The van der Waals surface area contributed by atoms with Crippen LogP contribution >= 0.6 is 11.6 Å². The van der Waals surface area contributed by atoms with Crippen LogP contribution in [0.2, 0.25) is 5.02 Å². The Morgan fingerprint density at radius 3 is 2.28 bits per heavy atom. The molecule has 3 N–H and O–H groups in total. The van der Waals surface area contributed by atoms with E-state index < -0.39 is 23.0 Å². The minimum atomic E-state index is -1.73. The van der Waals surface area contributed by atoms with Gasteiger partial charge in [0.25, 0.3) is 5.91 Å².